The van der Waals surface area contributed by atoms with Gasteiger partial charge in [0.1, 0.15) is 6.04 Å². The summed E-state index contributed by atoms with van der Waals surface area (Å²) in [7, 11) is 0. The highest BCUT2D eigenvalue weighted by atomic mass is 16.4. The molecular weight excluding hydrogens is 268 g/mol. The molecule has 0 aromatic heterocycles. The number of urea groups is 1. The number of hydrogen-bond donors (Lipinski definition) is 3. The molecule has 0 aromatic carbocycles. The van der Waals surface area contributed by atoms with Crippen molar-refractivity contribution < 1.29 is 14.7 Å². The van der Waals surface area contributed by atoms with Crippen molar-refractivity contribution in [1.29, 1.82) is 0 Å². The quantitative estimate of drug-likeness (QED) is 0.745. The van der Waals surface area contributed by atoms with Crippen LogP contribution < -0.4 is 10.6 Å². The topological polar surface area (TPSA) is 78.4 Å². The first-order valence-corrected chi connectivity index (χ1v) is 8.18. The standard InChI is InChI=1S/C16H26N2O3/c1-9(14(19)20)17-15(21)18-10(2)16-6-11-3-12(7-16)5-13(4-11)8-16/h9-13H,3-8H2,1-2H3,(H,19,20)(H2,17,18,21). The average Bonchev–Trinajstić information content (AvgIpc) is 2.36. The Kier molecular flexibility index (Phi) is 3.62. The molecule has 4 fully saturated rings. The van der Waals surface area contributed by atoms with Crippen LogP contribution in [0.25, 0.3) is 0 Å². The van der Waals surface area contributed by atoms with E-state index in [-0.39, 0.29) is 17.5 Å². The third-order valence-corrected chi connectivity index (χ3v) is 6.07. The first-order valence-electron chi connectivity index (χ1n) is 8.18. The summed E-state index contributed by atoms with van der Waals surface area (Å²) in [6.45, 7) is 3.58. The lowest BCUT2D eigenvalue weighted by molar-refractivity contribution is -0.138. The minimum absolute atomic E-state index is 0.117. The van der Waals surface area contributed by atoms with E-state index >= 15 is 0 Å². The van der Waals surface area contributed by atoms with Gasteiger partial charge in [0, 0.05) is 6.04 Å². The highest BCUT2D eigenvalue weighted by Gasteiger charge is 2.53. The van der Waals surface area contributed by atoms with E-state index in [1.807, 2.05) is 0 Å². The Hall–Kier alpha value is -1.26. The maximum atomic E-state index is 12.0. The first-order chi connectivity index (χ1) is 9.88. The fourth-order valence-corrected chi connectivity index (χ4v) is 5.36. The minimum Gasteiger partial charge on any atom is -0.480 e. The summed E-state index contributed by atoms with van der Waals surface area (Å²) >= 11 is 0. The van der Waals surface area contributed by atoms with Crippen LogP contribution in [0.5, 0.6) is 0 Å². The zero-order valence-electron chi connectivity index (χ0n) is 12.9. The van der Waals surface area contributed by atoms with Crippen LogP contribution in [0.15, 0.2) is 0 Å². The second-order valence-corrected chi connectivity index (χ2v) is 7.68. The van der Waals surface area contributed by atoms with Gasteiger partial charge in [0.25, 0.3) is 0 Å². The van der Waals surface area contributed by atoms with E-state index in [9.17, 15) is 9.59 Å². The molecule has 0 heterocycles. The average molecular weight is 294 g/mol. The monoisotopic (exact) mass is 294 g/mol. The van der Waals surface area contributed by atoms with E-state index in [0.717, 1.165) is 17.8 Å². The number of carbonyl (C=O) groups excluding carboxylic acids is 1. The van der Waals surface area contributed by atoms with Gasteiger partial charge >= 0.3 is 12.0 Å². The van der Waals surface area contributed by atoms with Crippen molar-refractivity contribution in [3.05, 3.63) is 0 Å². The molecule has 4 saturated carbocycles. The maximum Gasteiger partial charge on any atom is 0.325 e. The van der Waals surface area contributed by atoms with E-state index in [0.29, 0.717) is 0 Å². The fourth-order valence-electron chi connectivity index (χ4n) is 5.36. The lowest BCUT2D eigenvalue weighted by Gasteiger charge is -2.59. The van der Waals surface area contributed by atoms with E-state index in [2.05, 4.69) is 17.6 Å². The number of hydrogen-bond acceptors (Lipinski definition) is 2. The van der Waals surface area contributed by atoms with Crippen molar-refractivity contribution in [1.82, 2.24) is 10.6 Å². The summed E-state index contributed by atoms with van der Waals surface area (Å²) in [5.41, 5.74) is 0.249. The Morgan fingerprint density at radius 3 is 1.90 bits per heavy atom. The molecule has 0 aliphatic heterocycles. The molecule has 4 aliphatic rings. The summed E-state index contributed by atoms with van der Waals surface area (Å²) in [6.07, 6.45) is 7.84. The summed E-state index contributed by atoms with van der Waals surface area (Å²) in [5, 5.41) is 14.4. The number of carbonyl (C=O) groups is 2. The van der Waals surface area contributed by atoms with Gasteiger partial charge in [0.15, 0.2) is 0 Å². The molecule has 5 nitrogen and oxygen atoms in total. The number of amides is 2. The van der Waals surface area contributed by atoms with Gasteiger partial charge in [0.05, 0.1) is 0 Å². The predicted molar refractivity (Wildman–Crippen MR) is 78.8 cm³/mol. The van der Waals surface area contributed by atoms with E-state index in [1.165, 1.54) is 45.4 Å². The molecule has 4 rings (SSSR count). The largest absolute Gasteiger partial charge is 0.480 e. The van der Waals surface area contributed by atoms with Gasteiger partial charge in [0.2, 0.25) is 0 Å². The van der Waals surface area contributed by atoms with Gasteiger partial charge in [-0.25, -0.2) is 4.79 Å². The van der Waals surface area contributed by atoms with Crippen molar-refractivity contribution in [2.24, 2.45) is 23.2 Å². The number of carboxylic acids is 1. The summed E-state index contributed by atoms with van der Waals surface area (Å²) in [5.74, 6) is 1.54. The van der Waals surface area contributed by atoms with Gasteiger partial charge < -0.3 is 15.7 Å². The molecule has 2 amide bonds. The number of carboxylic acid groups (broad SMARTS) is 1. The van der Waals surface area contributed by atoms with E-state index in [1.54, 1.807) is 0 Å². The van der Waals surface area contributed by atoms with Crippen LogP contribution in [-0.4, -0.2) is 29.2 Å². The molecule has 4 bridgehead atoms. The van der Waals surface area contributed by atoms with Gasteiger partial charge in [-0.15, -0.1) is 0 Å². The molecule has 0 saturated heterocycles. The van der Waals surface area contributed by atoms with Crippen molar-refractivity contribution >= 4 is 12.0 Å². The van der Waals surface area contributed by atoms with Gasteiger partial charge in [-0.2, -0.15) is 0 Å². The third kappa shape index (κ3) is 2.74. The second-order valence-electron chi connectivity index (χ2n) is 7.68. The zero-order chi connectivity index (χ0) is 15.2. The van der Waals surface area contributed by atoms with Crippen LogP contribution in [0.2, 0.25) is 0 Å². The third-order valence-electron chi connectivity index (χ3n) is 6.07. The van der Waals surface area contributed by atoms with Crippen LogP contribution in [0.4, 0.5) is 4.79 Å². The molecule has 21 heavy (non-hydrogen) atoms. The molecular formula is C16H26N2O3. The Balaban J connectivity index is 1.61. The maximum absolute atomic E-state index is 12.0. The van der Waals surface area contributed by atoms with Crippen molar-refractivity contribution in [2.45, 2.75) is 64.5 Å². The summed E-state index contributed by atoms with van der Waals surface area (Å²) in [6, 6.07) is -1.09. The highest BCUT2D eigenvalue weighted by Crippen LogP contribution is 2.61. The van der Waals surface area contributed by atoms with Crippen LogP contribution in [0.3, 0.4) is 0 Å². The van der Waals surface area contributed by atoms with E-state index in [4.69, 9.17) is 5.11 Å². The van der Waals surface area contributed by atoms with E-state index < -0.39 is 12.0 Å². The summed E-state index contributed by atoms with van der Waals surface area (Å²) in [4.78, 5) is 22.8. The van der Waals surface area contributed by atoms with Crippen molar-refractivity contribution in [2.75, 3.05) is 0 Å². The normalized spacial score (nSPS) is 39.6. The van der Waals surface area contributed by atoms with Gasteiger partial charge in [-0.05, 0) is 75.5 Å². The SMILES string of the molecule is CC(NC(=O)NC(C)C12CC3CC(CC(C3)C1)C2)C(=O)O. The Labute approximate surface area is 125 Å². The number of nitrogens with one attached hydrogen (secondary N) is 2. The Morgan fingerprint density at radius 1 is 1.00 bits per heavy atom. The lowest BCUT2D eigenvalue weighted by atomic mass is 9.48. The fraction of sp³-hybridized carbons (Fsp3) is 0.875. The van der Waals surface area contributed by atoms with Crippen LogP contribution in [0, 0.1) is 23.2 Å². The number of aliphatic carboxylic acids is 1. The van der Waals surface area contributed by atoms with Gasteiger partial charge in [-0.3, -0.25) is 4.79 Å². The second kappa shape index (κ2) is 5.18. The zero-order valence-corrected chi connectivity index (χ0v) is 12.9. The number of rotatable bonds is 4. The molecule has 2 unspecified atom stereocenters. The smallest absolute Gasteiger partial charge is 0.325 e. The molecule has 4 aliphatic carbocycles. The Bertz CT molecular complexity index is 414. The minimum atomic E-state index is -1.01. The predicted octanol–water partition coefficient (Wildman–Crippen LogP) is 2.36. The molecule has 2 atom stereocenters. The van der Waals surface area contributed by atoms with Crippen LogP contribution in [0.1, 0.15) is 52.4 Å². The lowest BCUT2D eigenvalue weighted by Crippen LogP contribution is -2.58. The highest BCUT2D eigenvalue weighted by molar-refractivity contribution is 5.82. The molecule has 3 N–H and O–H groups in total. The van der Waals surface area contributed by atoms with Gasteiger partial charge in [-0.1, -0.05) is 0 Å². The van der Waals surface area contributed by atoms with Crippen LogP contribution in [-0.2, 0) is 4.79 Å². The van der Waals surface area contributed by atoms with Crippen molar-refractivity contribution in [3.63, 3.8) is 0 Å². The van der Waals surface area contributed by atoms with Crippen LogP contribution >= 0.6 is 0 Å². The van der Waals surface area contributed by atoms with Crippen molar-refractivity contribution in [3.8, 4) is 0 Å². The molecule has 0 aromatic rings. The Morgan fingerprint density at radius 2 is 1.48 bits per heavy atom. The first kappa shape index (κ1) is 14.7. The molecule has 118 valence electrons. The molecule has 0 radical (unpaired) electrons. The molecule has 0 spiro atoms. The summed E-state index contributed by atoms with van der Waals surface area (Å²) < 4.78 is 0. The molecule has 5 heteroatoms.